The van der Waals surface area contributed by atoms with E-state index in [-0.39, 0.29) is 18.0 Å². The van der Waals surface area contributed by atoms with Crippen LogP contribution in [0.5, 0.6) is 0 Å². The molecule has 4 nitrogen and oxygen atoms in total. The van der Waals surface area contributed by atoms with E-state index in [4.69, 9.17) is 9.47 Å². The van der Waals surface area contributed by atoms with Gasteiger partial charge in [0.15, 0.2) is 0 Å². The molecule has 0 heterocycles. The van der Waals surface area contributed by atoms with Crippen LogP contribution in [0.3, 0.4) is 0 Å². The van der Waals surface area contributed by atoms with Crippen LogP contribution in [-0.2, 0) is 19.1 Å². The molecule has 0 N–H and O–H groups in total. The molecule has 0 saturated heterocycles. The van der Waals surface area contributed by atoms with Gasteiger partial charge in [-0.15, -0.1) is 0 Å². The Hall–Kier alpha value is -0.580. The highest BCUT2D eigenvalue weighted by Crippen LogP contribution is 2.17. The van der Waals surface area contributed by atoms with E-state index in [0.29, 0.717) is 25.9 Å². The van der Waals surface area contributed by atoms with E-state index in [1.54, 1.807) is 0 Å². The minimum Gasteiger partial charge on any atom is -0.466 e. The maximum Gasteiger partial charge on any atom is 0.306 e. The van der Waals surface area contributed by atoms with Crippen molar-refractivity contribution in [2.45, 2.75) is 136 Å². The molecule has 0 aliphatic rings. The van der Waals surface area contributed by atoms with Crippen molar-refractivity contribution in [2.24, 2.45) is 0 Å². The first-order chi connectivity index (χ1) is 14.6. The van der Waals surface area contributed by atoms with Crippen molar-refractivity contribution in [3.05, 3.63) is 0 Å². The smallest absolute Gasteiger partial charge is 0.306 e. The molecule has 0 bridgehead atoms. The molecule has 0 fully saturated rings. The van der Waals surface area contributed by atoms with Gasteiger partial charge in [-0.05, 0) is 44.9 Å². The molecule has 0 amide bonds. The molecular weight excluding hydrogens is 444 g/mol. The minimum absolute atomic E-state index is 0.0535. The van der Waals surface area contributed by atoms with Crippen LogP contribution < -0.4 is 0 Å². The lowest BCUT2D eigenvalue weighted by Crippen LogP contribution is -2.19. The Labute approximate surface area is 194 Å². The Kier molecular flexibility index (Phi) is 22.6. The second kappa shape index (κ2) is 23.1. The molecule has 0 aromatic heterocycles. The molecule has 5 heteroatoms. The Bertz CT molecular complexity index is 387. The fraction of sp³-hybridized carbons (Fsp3) is 0.920. The maximum atomic E-state index is 12.2. The second-order valence-electron chi connectivity index (χ2n) is 8.34. The van der Waals surface area contributed by atoms with Crippen molar-refractivity contribution in [3.63, 3.8) is 0 Å². The van der Waals surface area contributed by atoms with Crippen molar-refractivity contribution in [1.82, 2.24) is 0 Å². The highest BCUT2D eigenvalue weighted by atomic mass is 79.9. The summed E-state index contributed by atoms with van der Waals surface area (Å²) in [6.45, 7) is 4.76. The quantitative estimate of drug-likeness (QED) is 0.0878. The number of hydrogen-bond acceptors (Lipinski definition) is 4. The van der Waals surface area contributed by atoms with Crippen LogP contribution in [0.25, 0.3) is 0 Å². The molecule has 30 heavy (non-hydrogen) atoms. The first-order valence-corrected chi connectivity index (χ1v) is 13.7. The van der Waals surface area contributed by atoms with E-state index in [2.05, 4.69) is 29.8 Å². The highest BCUT2D eigenvalue weighted by molar-refractivity contribution is 9.09. The number of halogens is 1. The third-order valence-electron chi connectivity index (χ3n) is 5.36. The summed E-state index contributed by atoms with van der Waals surface area (Å²) in [6, 6.07) is 0. The molecule has 0 aromatic carbocycles. The van der Waals surface area contributed by atoms with Crippen molar-refractivity contribution in [3.8, 4) is 0 Å². The number of hydrogen-bond donors (Lipinski definition) is 0. The summed E-state index contributed by atoms with van der Waals surface area (Å²) in [5.41, 5.74) is 0. The molecule has 178 valence electrons. The van der Waals surface area contributed by atoms with Crippen molar-refractivity contribution < 1.29 is 19.1 Å². The minimum atomic E-state index is -0.157. The molecular formula is C25H47BrO4. The molecule has 0 atom stereocenters. The Morgan fingerprint density at radius 3 is 1.77 bits per heavy atom. The van der Waals surface area contributed by atoms with E-state index in [0.717, 1.165) is 50.3 Å². The zero-order chi connectivity index (χ0) is 22.3. The maximum absolute atomic E-state index is 12.2. The summed E-state index contributed by atoms with van der Waals surface area (Å²) in [5, 5.41) is 0.975. The van der Waals surface area contributed by atoms with E-state index < -0.39 is 0 Å². The lowest BCUT2D eigenvalue weighted by atomic mass is 10.0. The third-order valence-corrected chi connectivity index (χ3v) is 5.92. The molecule has 0 aliphatic heterocycles. The van der Waals surface area contributed by atoms with E-state index >= 15 is 0 Å². The van der Waals surface area contributed by atoms with Gasteiger partial charge in [-0.1, -0.05) is 87.6 Å². The largest absolute Gasteiger partial charge is 0.466 e. The number of unbranched alkanes of at least 4 members (excludes halogenated alkanes) is 10. The van der Waals surface area contributed by atoms with Gasteiger partial charge in [-0.3, -0.25) is 9.59 Å². The van der Waals surface area contributed by atoms with E-state index in [1.807, 2.05) is 0 Å². The summed E-state index contributed by atoms with van der Waals surface area (Å²) >= 11 is 3.39. The monoisotopic (exact) mass is 490 g/mol. The number of carbonyl (C=O) groups excluding carboxylic acids is 2. The van der Waals surface area contributed by atoms with Crippen LogP contribution in [0.1, 0.15) is 129 Å². The second-order valence-corrected chi connectivity index (χ2v) is 9.13. The summed E-state index contributed by atoms with van der Waals surface area (Å²) in [7, 11) is 0. The van der Waals surface area contributed by atoms with Gasteiger partial charge in [0, 0.05) is 18.2 Å². The Morgan fingerprint density at radius 2 is 1.20 bits per heavy atom. The van der Waals surface area contributed by atoms with Crippen molar-refractivity contribution in [2.75, 3.05) is 11.9 Å². The van der Waals surface area contributed by atoms with Gasteiger partial charge in [0.25, 0.3) is 0 Å². The zero-order valence-electron chi connectivity index (χ0n) is 19.7. The predicted molar refractivity (Wildman–Crippen MR) is 129 cm³/mol. The number of alkyl halides is 1. The summed E-state index contributed by atoms with van der Waals surface area (Å²) < 4.78 is 11.0. The van der Waals surface area contributed by atoms with E-state index in [9.17, 15) is 9.59 Å². The van der Waals surface area contributed by atoms with Crippen LogP contribution in [-0.4, -0.2) is 30.0 Å². The van der Waals surface area contributed by atoms with Gasteiger partial charge in [-0.2, -0.15) is 0 Å². The molecule has 0 aromatic rings. The third kappa shape index (κ3) is 20.7. The summed E-state index contributed by atoms with van der Waals surface area (Å²) in [4.78, 5) is 23.9. The van der Waals surface area contributed by atoms with Crippen LogP contribution in [0.15, 0.2) is 0 Å². The van der Waals surface area contributed by atoms with E-state index in [1.165, 1.54) is 51.4 Å². The summed E-state index contributed by atoms with van der Waals surface area (Å²) in [6.07, 6.45) is 18.7. The Morgan fingerprint density at radius 1 is 0.667 bits per heavy atom. The normalized spacial score (nSPS) is 11.1. The predicted octanol–water partition coefficient (Wildman–Crippen LogP) is 7.90. The van der Waals surface area contributed by atoms with Crippen LogP contribution in [0.2, 0.25) is 0 Å². The van der Waals surface area contributed by atoms with Crippen molar-refractivity contribution >= 4 is 27.9 Å². The number of ether oxygens (including phenoxy) is 2. The zero-order valence-corrected chi connectivity index (χ0v) is 21.3. The Balaban J connectivity index is 4.01. The van der Waals surface area contributed by atoms with Gasteiger partial charge in [0.2, 0.25) is 0 Å². The number of esters is 2. The van der Waals surface area contributed by atoms with Gasteiger partial charge in [0.05, 0.1) is 6.61 Å². The van der Waals surface area contributed by atoms with Crippen molar-refractivity contribution in [1.29, 1.82) is 0 Å². The standard InChI is InChI=1S/C25H47BrO4/c1-3-5-7-9-12-17-23(18-13-10-8-6-4-2)30-25(28)20-16-22-29-24(27)19-14-11-15-21-26/h23H,3-22H2,1-2H3. The van der Waals surface area contributed by atoms with Gasteiger partial charge >= 0.3 is 11.9 Å². The average Bonchev–Trinajstić information content (AvgIpc) is 2.73. The highest BCUT2D eigenvalue weighted by Gasteiger charge is 2.14. The van der Waals surface area contributed by atoms with Gasteiger partial charge < -0.3 is 9.47 Å². The fourth-order valence-corrected chi connectivity index (χ4v) is 3.87. The average molecular weight is 492 g/mol. The molecule has 0 unspecified atom stereocenters. The van der Waals surface area contributed by atoms with Gasteiger partial charge in [0.1, 0.15) is 6.10 Å². The fourth-order valence-electron chi connectivity index (χ4n) is 3.47. The molecule has 0 radical (unpaired) electrons. The van der Waals surface area contributed by atoms with Crippen LogP contribution in [0.4, 0.5) is 0 Å². The summed E-state index contributed by atoms with van der Waals surface area (Å²) in [5.74, 6) is -0.300. The first kappa shape index (κ1) is 29.4. The number of carbonyl (C=O) groups is 2. The lowest BCUT2D eigenvalue weighted by molar-refractivity contribution is -0.152. The first-order valence-electron chi connectivity index (χ1n) is 12.5. The lowest BCUT2D eigenvalue weighted by Gasteiger charge is -2.18. The van der Waals surface area contributed by atoms with Gasteiger partial charge in [-0.25, -0.2) is 0 Å². The van der Waals surface area contributed by atoms with Crippen LogP contribution >= 0.6 is 15.9 Å². The molecule has 0 rings (SSSR count). The molecule has 0 saturated carbocycles. The van der Waals surface area contributed by atoms with Crippen LogP contribution in [0, 0.1) is 0 Å². The molecule has 0 spiro atoms. The number of rotatable bonds is 22. The topological polar surface area (TPSA) is 52.6 Å². The SMILES string of the molecule is CCCCCCCC(CCCCCCC)OC(=O)CCCOC(=O)CCCCCBr. The molecule has 0 aliphatic carbocycles.